The molecule has 0 radical (unpaired) electrons. The summed E-state index contributed by atoms with van der Waals surface area (Å²) >= 11 is 0. The minimum atomic E-state index is -0.385. The Labute approximate surface area is 122 Å². The SMILES string of the molecule is c1cc2ccc(C3=NC4(CN5CCC4CC5)ON3)cc2o1. The lowest BCUT2D eigenvalue weighted by Crippen LogP contribution is -2.58. The van der Waals surface area contributed by atoms with Crippen molar-refractivity contribution in [1.29, 1.82) is 0 Å². The van der Waals surface area contributed by atoms with Crippen molar-refractivity contribution in [2.75, 3.05) is 19.6 Å². The molecule has 1 atom stereocenters. The number of nitrogens with one attached hydrogen (secondary N) is 1. The van der Waals surface area contributed by atoms with E-state index in [1.165, 1.54) is 25.9 Å². The summed E-state index contributed by atoms with van der Waals surface area (Å²) in [5, 5.41) is 1.11. The van der Waals surface area contributed by atoms with E-state index >= 15 is 0 Å². The highest BCUT2D eigenvalue weighted by Gasteiger charge is 2.51. The number of piperidine rings is 3. The average molecular weight is 283 g/mol. The summed E-state index contributed by atoms with van der Waals surface area (Å²) in [5.74, 6) is 1.35. The van der Waals surface area contributed by atoms with Crippen LogP contribution in [-0.4, -0.2) is 36.1 Å². The molecule has 21 heavy (non-hydrogen) atoms. The molecule has 0 saturated carbocycles. The van der Waals surface area contributed by atoms with Crippen molar-refractivity contribution in [3.05, 3.63) is 36.1 Å². The number of furan rings is 1. The second-order valence-electron chi connectivity index (χ2n) is 6.23. The molecule has 1 spiro atoms. The first-order valence-corrected chi connectivity index (χ1v) is 7.56. The van der Waals surface area contributed by atoms with Crippen LogP contribution in [0.1, 0.15) is 18.4 Å². The van der Waals surface area contributed by atoms with Gasteiger partial charge in [0, 0.05) is 16.9 Å². The molecule has 5 heterocycles. The summed E-state index contributed by atoms with van der Waals surface area (Å²) in [5.41, 5.74) is 4.57. The van der Waals surface area contributed by atoms with Crippen LogP contribution in [0.5, 0.6) is 0 Å². The molecule has 1 aromatic carbocycles. The fraction of sp³-hybridized carbons (Fsp3) is 0.438. The number of hydrogen-bond acceptors (Lipinski definition) is 5. The second-order valence-corrected chi connectivity index (χ2v) is 6.23. The number of nitrogens with zero attached hydrogens (tertiary/aromatic N) is 2. The summed E-state index contributed by atoms with van der Waals surface area (Å²) < 4.78 is 5.47. The number of hydroxylamine groups is 1. The molecule has 1 N–H and O–H groups in total. The predicted octanol–water partition coefficient (Wildman–Crippen LogP) is 2.14. The smallest absolute Gasteiger partial charge is 0.202 e. The summed E-state index contributed by atoms with van der Waals surface area (Å²) in [7, 11) is 0. The molecule has 3 saturated heterocycles. The number of amidine groups is 1. The van der Waals surface area contributed by atoms with E-state index in [9.17, 15) is 0 Å². The molecule has 3 fully saturated rings. The van der Waals surface area contributed by atoms with Gasteiger partial charge in [0.1, 0.15) is 5.58 Å². The van der Waals surface area contributed by atoms with Crippen LogP contribution in [0.25, 0.3) is 11.0 Å². The van der Waals surface area contributed by atoms with Crippen LogP contribution in [0, 0.1) is 5.92 Å². The van der Waals surface area contributed by atoms with E-state index in [1.807, 2.05) is 12.1 Å². The highest BCUT2D eigenvalue weighted by Crippen LogP contribution is 2.41. The first-order chi connectivity index (χ1) is 10.3. The molecule has 5 heteroatoms. The van der Waals surface area contributed by atoms with Crippen molar-refractivity contribution >= 4 is 16.8 Å². The van der Waals surface area contributed by atoms with Gasteiger partial charge in [-0.3, -0.25) is 4.90 Å². The number of fused-ring (bicyclic) bond motifs is 3. The van der Waals surface area contributed by atoms with Crippen molar-refractivity contribution in [1.82, 2.24) is 10.4 Å². The molecule has 6 rings (SSSR count). The molecule has 5 nitrogen and oxygen atoms in total. The Hall–Kier alpha value is -1.85. The maximum Gasteiger partial charge on any atom is 0.202 e. The van der Waals surface area contributed by atoms with Crippen LogP contribution in [-0.2, 0) is 4.84 Å². The lowest BCUT2D eigenvalue weighted by molar-refractivity contribution is -0.155. The average Bonchev–Trinajstić information content (AvgIpc) is 3.15. The molecular formula is C16H17N3O2. The first kappa shape index (κ1) is 11.8. The van der Waals surface area contributed by atoms with E-state index in [1.54, 1.807) is 6.26 Å². The van der Waals surface area contributed by atoms with Crippen LogP contribution >= 0.6 is 0 Å². The summed E-state index contributed by atoms with van der Waals surface area (Å²) in [4.78, 5) is 13.3. The van der Waals surface area contributed by atoms with Crippen LogP contribution in [0.4, 0.5) is 0 Å². The Morgan fingerprint density at radius 2 is 2.14 bits per heavy atom. The Balaban J connectivity index is 1.53. The molecule has 2 aromatic rings. The van der Waals surface area contributed by atoms with Crippen molar-refractivity contribution in [3.8, 4) is 0 Å². The normalized spacial score (nSPS) is 34.4. The molecule has 0 aliphatic carbocycles. The van der Waals surface area contributed by atoms with Gasteiger partial charge in [-0.05, 0) is 38.1 Å². The number of rotatable bonds is 1. The van der Waals surface area contributed by atoms with Gasteiger partial charge in [-0.15, -0.1) is 0 Å². The Morgan fingerprint density at radius 3 is 2.95 bits per heavy atom. The van der Waals surface area contributed by atoms with Gasteiger partial charge in [-0.1, -0.05) is 12.1 Å². The maximum atomic E-state index is 5.95. The quantitative estimate of drug-likeness (QED) is 0.871. The third-order valence-corrected chi connectivity index (χ3v) is 5.03. The topological polar surface area (TPSA) is 50.0 Å². The minimum Gasteiger partial charge on any atom is -0.464 e. The molecule has 1 unspecified atom stereocenters. The third kappa shape index (κ3) is 1.68. The zero-order valence-electron chi connectivity index (χ0n) is 11.7. The fourth-order valence-electron chi connectivity index (χ4n) is 3.83. The van der Waals surface area contributed by atoms with E-state index in [0.29, 0.717) is 5.92 Å². The van der Waals surface area contributed by atoms with Gasteiger partial charge < -0.3 is 4.42 Å². The zero-order chi connectivity index (χ0) is 13.9. The number of benzene rings is 1. The monoisotopic (exact) mass is 283 g/mol. The van der Waals surface area contributed by atoms with Gasteiger partial charge in [-0.2, -0.15) is 0 Å². The second kappa shape index (κ2) is 4.08. The summed E-state index contributed by atoms with van der Waals surface area (Å²) in [6.07, 6.45) is 4.06. The van der Waals surface area contributed by atoms with Gasteiger partial charge in [0.2, 0.25) is 5.72 Å². The van der Waals surface area contributed by atoms with Crippen LogP contribution in [0.2, 0.25) is 0 Å². The Morgan fingerprint density at radius 1 is 1.24 bits per heavy atom. The first-order valence-electron chi connectivity index (χ1n) is 7.56. The lowest BCUT2D eigenvalue weighted by Gasteiger charge is -2.47. The molecule has 4 aliphatic rings. The molecular weight excluding hydrogens is 266 g/mol. The van der Waals surface area contributed by atoms with Crippen molar-refractivity contribution < 1.29 is 9.25 Å². The predicted molar refractivity (Wildman–Crippen MR) is 78.9 cm³/mol. The molecule has 2 bridgehead atoms. The maximum absolute atomic E-state index is 5.95. The van der Waals surface area contributed by atoms with Crippen LogP contribution in [0.3, 0.4) is 0 Å². The standard InChI is InChI=1S/C16H17N3O2/c1-2-12(9-14-11(1)5-8-20-14)15-17-16(21-18-15)10-19-6-3-13(16)4-7-19/h1-2,5,8-9,13H,3-4,6-7,10H2,(H,17,18). The van der Waals surface area contributed by atoms with E-state index in [0.717, 1.165) is 28.9 Å². The minimum absolute atomic E-state index is 0.385. The van der Waals surface area contributed by atoms with E-state index in [-0.39, 0.29) is 5.72 Å². The fourth-order valence-corrected chi connectivity index (χ4v) is 3.83. The summed E-state index contributed by atoms with van der Waals surface area (Å²) in [6, 6.07) is 8.10. The van der Waals surface area contributed by atoms with Crippen molar-refractivity contribution in [3.63, 3.8) is 0 Å². The van der Waals surface area contributed by atoms with Gasteiger partial charge in [0.25, 0.3) is 0 Å². The summed E-state index contributed by atoms with van der Waals surface area (Å²) in [6.45, 7) is 3.26. The van der Waals surface area contributed by atoms with Crippen LogP contribution < -0.4 is 5.48 Å². The number of aliphatic imine (C=N–C) groups is 1. The van der Waals surface area contributed by atoms with Crippen molar-refractivity contribution in [2.24, 2.45) is 10.9 Å². The lowest BCUT2D eigenvalue weighted by atomic mass is 9.81. The van der Waals surface area contributed by atoms with Gasteiger partial charge in [0.05, 0.1) is 12.8 Å². The van der Waals surface area contributed by atoms with Gasteiger partial charge in [-0.25, -0.2) is 15.3 Å². The van der Waals surface area contributed by atoms with Gasteiger partial charge in [0.15, 0.2) is 5.84 Å². The molecule has 108 valence electrons. The highest BCUT2D eigenvalue weighted by molar-refractivity contribution is 6.01. The molecule has 1 aromatic heterocycles. The zero-order valence-corrected chi connectivity index (χ0v) is 11.7. The highest BCUT2D eigenvalue weighted by atomic mass is 16.7. The third-order valence-electron chi connectivity index (χ3n) is 5.03. The largest absolute Gasteiger partial charge is 0.464 e. The van der Waals surface area contributed by atoms with Crippen molar-refractivity contribution in [2.45, 2.75) is 18.6 Å². The molecule has 4 aliphatic heterocycles. The molecule has 0 amide bonds. The van der Waals surface area contributed by atoms with E-state index < -0.39 is 0 Å². The van der Waals surface area contributed by atoms with Gasteiger partial charge >= 0.3 is 0 Å². The van der Waals surface area contributed by atoms with E-state index in [2.05, 4.69) is 22.5 Å². The Kier molecular flexibility index (Phi) is 2.29. The number of hydrogen-bond donors (Lipinski definition) is 1. The van der Waals surface area contributed by atoms with E-state index in [4.69, 9.17) is 14.2 Å². The van der Waals surface area contributed by atoms with Crippen LogP contribution in [0.15, 0.2) is 39.9 Å². The Bertz CT molecular complexity index is 730.